The van der Waals surface area contributed by atoms with Gasteiger partial charge in [-0.1, -0.05) is 6.92 Å². The van der Waals surface area contributed by atoms with E-state index in [1.165, 1.54) is 6.07 Å². The molecule has 1 heterocycles. The van der Waals surface area contributed by atoms with Crippen LogP contribution in [0.2, 0.25) is 0 Å². The number of ether oxygens (including phenoxy) is 1. The van der Waals surface area contributed by atoms with Crippen molar-refractivity contribution in [1.82, 2.24) is 0 Å². The third-order valence-electron chi connectivity index (χ3n) is 2.82. The summed E-state index contributed by atoms with van der Waals surface area (Å²) in [4.78, 5) is 0.144. The molecule has 2 N–H and O–H groups in total. The van der Waals surface area contributed by atoms with Gasteiger partial charge in [0.05, 0.1) is 4.90 Å². The van der Waals surface area contributed by atoms with Gasteiger partial charge in [0.25, 0.3) is 0 Å². The van der Waals surface area contributed by atoms with E-state index >= 15 is 0 Å². The van der Waals surface area contributed by atoms with Gasteiger partial charge in [-0.3, -0.25) is 0 Å². The second-order valence-corrected chi connectivity index (χ2v) is 5.42. The van der Waals surface area contributed by atoms with Crippen LogP contribution < -0.4 is 9.88 Å². The highest BCUT2D eigenvalue weighted by Gasteiger charge is 2.28. The van der Waals surface area contributed by atoms with Crippen molar-refractivity contribution in [3.8, 4) is 5.75 Å². The van der Waals surface area contributed by atoms with Crippen molar-refractivity contribution in [2.24, 2.45) is 5.14 Å². The number of hydrogen-bond donors (Lipinski definition) is 1. The van der Waals surface area contributed by atoms with Gasteiger partial charge < -0.3 is 4.74 Å². The molecular formula is C10H13NO3S. The largest absolute Gasteiger partial charge is 0.490 e. The minimum Gasteiger partial charge on any atom is -0.490 e. The Hall–Kier alpha value is -1.07. The van der Waals surface area contributed by atoms with Gasteiger partial charge in [0.15, 0.2) is 0 Å². The highest BCUT2D eigenvalue weighted by Crippen LogP contribution is 2.38. The summed E-state index contributed by atoms with van der Waals surface area (Å²) in [6.45, 7) is 3.96. The summed E-state index contributed by atoms with van der Waals surface area (Å²) in [5.74, 6) is 0.948. The number of rotatable bonds is 1. The van der Waals surface area contributed by atoms with Crippen LogP contribution in [0.15, 0.2) is 23.1 Å². The third-order valence-corrected chi connectivity index (χ3v) is 3.73. The molecule has 0 amide bonds. The van der Waals surface area contributed by atoms with E-state index in [1.807, 2.05) is 13.8 Å². The normalized spacial score (nSPS) is 24.7. The number of nitrogens with two attached hydrogens (primary N) is 1. The highest BCUT2D eigenvalue weighted by atomic mass is 32.2. The van der Waals surface area contributed by atoms with Crippen molar-refractivity contribution in [2.45, 2.75) is 30.8 Å². The summed E-state index contributed by atoms with van der Waals surface area (Å²) >= 11 is 0. The fourth-order valence-electron chi connectivity index (χ4n) is 1.72. The van der Waals surface area contributed by atoms with Crippen LogP contribution in [0.1, 0.15) is 25.3 Å². The molecule has 1 aliphatic rings. The monoisotopic (exact) mass is 227 g/mol. The van der Waals surface area contributed by atoms with Crippen LogP contribution in [-0.4, -0.2) is 14.5 Å². The molecule has 0 bridgehead atoms. The van der Waals surface area contributed by atoms with Gasteiger partial charge in [-0.2, -0.15) is 0 Å². The maximum atomic E-state index is 11.2. The number of benzene rings is 1. The number of fused-ring (bicyclic) bond motifs is 1. The van der Waals surface area contributed by atoms with E-state index in [0.29, 0.717) is 0 Å². The third kappa shape index (κ3) is 1.72. The molecule has 4 nitrogen and oxygen atoms in total. The first-order valence-corrected chi connectivity index (χ1v) is 6.27. The van der Waals surface area contributed by atoms with Crippen LogP contribution in [0.4, 0.5) is 0 Å². The van der Waals surface area contributed by atoms with E-state index in [1.54, 1.807) is 12.1 Å². The van der Waals surface area contributed by atoms with Gasteiger partial charge in [0, 0.05) is 11.5 Å². The molecule has 1 aromatic carbocycles. The average molecular weight is 227 g/mol. The quantitative estimate of drug-likeness (QED) is 0.784. The smallest absolute Gasteiger partial charge is 0.238 e. The topological polar surface area (TPSA) is 69.4 Å². The van der Waals surface area contributed by atoms with E-state index in [2.05, 4.69) is 0 Å². The second kappa shape index (κ2) is 3.21. The van der Waals surface area contributed by atoms with Gasteiger partial charge in [-0.15, -0.1) is 0 Å². The van der Waals surface area contributed by atoms with E-state index < -0.39 is 10.0 Å². The number of primary sulfonamides is 1. The molecule has 0 aromatic heterocycles. The molecule has 2 atom stereocenters. The van der Waals surface area contributed by atoms with Crippen molar-refractivity contribution < 1.29 is 13.2 Å². The molecule has 1 aromatic rings. The zero-order valence-electron chi connectivity index (χ0n) is 8.60. The fourth-order valence-corrected chi connectivity index (χ4v) is 2.27. The fraction of sp³-hybridized carbons (Fsp3) is 0.400. The van der Waals surface area contributed by atoms with Crippen molar-refractivity contribution in [3.05, 3.63) is 23.8 Å². The molecule has 0 saturated heterocycles. The first-order valence-electron chi connectivity index (χ1n) is 4.73. The summed E-state index contributed by atoms with van der Waals surface area (Å²) in [6.07, 6.45) is 0.0794. The van der Waals surface area contributed by atoms with Crippen molar-refractivity contribution in [1.29, 1.82) is 0 Å². The Kier molecular flexibility index (Phi) is 2.24. The predicted octanol–water partition coefficient (Wildman–Crippen LogP) is 1.22. The van der Waals surface area contributed by atoms with E-state index in [9.17, 15) is 8.42 Å². The van der Waals surface area contributed by atoms with Crippen molar-refractivity contribution >= 4 is 10.0 Å². The van der Waals surface area contributed by atoms with E-state index in [-0.39, 0.29) is 16.9 Å². The maximum absolute atomic E-state index is 11.2. The summed E-state index contributed by atoms with van der Waals surface area (Å²) in [5, 5.41) is 5.06. The Morgan fingerprint density at radius 1 is 1.33 bits per heavy atom. The summed E-state index contributed by atoms with van der Waals surface area (Å²) < 4.78 is 27.9. The zero-order valence-corrected chi connectivity index (χ0v) is 9.41. The Bertz CT molecular complexity index is 495. The lowest BCUT2D eigenvalue weighted by Crippen LogP contribution is -2.12. The second-order valence-electron chi connectivity index (χ2n) is 3.86. The van der Waals surface area contributed by atoms with Crippen LogP contribution in [0, 0.1) is 0 Å². The van der Waals surface area contributed by atoms with Gasteiger partial charge in [0.1, 0.15) is 11.9 Å². The van der Waals surface area contributed by atoms with Gasteiger partial charge >= 0.3 is 0 Å². The van der Waals surface area contributed by atoms with Crippen LogP contribution >= 0.6 is 0 Å². The lowest BCUT2D eigenvalue weighted by molar-refractivity contribution is 0.232. The lowest BCUT2D eigenvalue weighted by Gasteiger charge is -2.07. The number of sulfonamides is 1. The Morgan fingerprint density at radius 3 is 2.60 bits per heavy atom. The van der Waals surface area contributed by atoms with Crippen LogP contribution in [0.3, 0.4) is 0 Å². The first-order chi connectivity index (χ1) is 6.89. The minimum atomic E-state index is -3.62. The standard InChI is InChI=1S/C10H13NO3S/c1-6-7(2)14-10-4-3-8(5-9(6)10)15(11,12)13/h3-7H,1-2H3,(H2,11,12,13). The Labute approximate surface area is 89.1 Å². The molecule has 0 fully saturated rings. The summed E-state index contributed by atoms with van der Waals surface area (Å²) in [7, 11) is -3.62. The Morgan fingerprint density at radius 2 is 2.00 bits per heavy atom. The SMILES string of the molecule is CC1Oc2ccc(S(N)(=O)=O)cc2C1C. The molecule has 2 unspecified atom stereocenters. The lowest BCUT2D eigenvalue weighted by atomic mass is 9.99. The molecule has 82 valence electrons. The first kappa shape index (κ1) is 10.4. The Balaban J connectivity index is 2.54. The molecule has 15 heavy (non-hydrogen) atoms. The zero-order chi connectivity index (χ0) is 11.2. The molecule has 5 heteroatoms. The molecule has 0 radical (unpaired) electrons. The maximum Gasteiger partial charge on any atom is 0.238 e. The summed E-state index contributed by atoms with van der Waals surface area (Å²) in [6, 6.07) is 4.73. The molecule has 2 rings (SSSR count). The van der Waals surface area contributed by atoms with Crippen LogP contribution in [0.5, 0.6) is 5.75 Å². The summed E-state index contributed by atoms with van der Waals surface area (Å²) in [5.41, 5.74) is 0.911. The average Bonchev–Trinajstić information content (AvgIpc) is 2.41. The number of hydrogen-bond acceptors (Lipinski definition) is 3. The van der Waals surface area contributed by atoms with Crippen molar-refractivity contribution in [3.63, 3.8) is 0 Å². The van der Waals surface area contributed by atoms with Gasteiger partial charge in [0.2, 0.25) is 10.0 Å². The molecule has 1 aliphatic heterocycles. The van der Waals surface area contributed by atoms with Crippen LogP contribution in [-0.2, 0) is 10.0 Å². The molecule has 0 saturated carbocycles. The molecule has 0 aliphatic carbocycles. The van der Waals surface area contributed by atoms with Crippen molar-refractivity contribution in [2.75, 3.05) is 0 Å². The highest BCUT2D eigenvalue weighted by molar-refractivity contribution is 7.89. The minimum absolute atomic E-state index is 0.0794. The van der Waals surface area contributed by atoms with Gasteiger partial charge in [-0.05, 0) is 25.1 Å². The molecular weight excluding hydrogens is 214 g/mol. The van der Waals surface area contributed by atoms with Crippen LogP contribution in [0.25, 0.3) is 0 Å². The van der Waals surface area contributed by atoms with E-state index in [4.69, 9.17) is 9.88 Å². The van der Waals surface area contributed by atoms with Gasteiger partial charge in [-0.25, -0.2) is 13.6 Å². The predicted molar refractivity (Wildman–Crippen MR) is 56.3 cm³/mol. The molecule has 0 spiro atoms. The van der Waals surface area contributed by atoms with E-state index in [0.717, 1.165) is 11.3 Å².